The fourth-order valence-electron chi connectivity index (χ4n) is 3.37. The van der Waals surface area contributed by atoms with Crippen LogP contribution in [0.4, 0.5) is 13.2 Å². The van der Waals surface area contributed by atoms with Crippen LogP contribution in [0, 0.1) is 5.82 Å². The third-order valence-electron chi connectivity index (χ3n) is 4.64. The van der Waals surface area contributed by atoms with Gasteiger partial charge in [0.2, 0.25) is 0 Å². The number of hydrogen-bond donors (Lipinski definition) is 1. The SMILES string of the molecule is CN.FC(F)n1ccc(C2=C3CCCN3C(c3nccs3)=NC2)n1.Fc1cccc(Cl)c1. The van der Waals surface area contributed by atoms with Crippen molar-refractivity contribution in [3.8, 4) is 0 Å². The van der Waals surface area contributed by atoms with E-state index in [1.165, 1.54) is 25.4 Å². The number of fused-ring (bicyclic) bond motifs is 1. The number of aliphatic imine (C=N–C) groups is 1. The van der Waals surface area contributed by atoms with Gasteiger partial charge in [-0.3, -0.25) is 4.99 Å². The first kappa shape index (κ1) is 24.0. The largest absolute Gasteiger partial charge is 0.333 e. The quantitative estimate of drug-likeness (QED) is 0.566. The van der Waals surface area contributed by atoms with Crippen LogP contribution in [-0.2, 0) is 0 Å². The Balaban J connectivity index is 0.000000244. The molecule has 1 fully saturated rings. The summed E-state index contributed by atoms with van der Waals surface area (Å²) < 4.78 is 38.2. The van der Waals surface area contributed by atoms with Crippen molar-refractivity contribution in [1.82, 2.24) is 19.7 Å². The van der Waals surface area contributed by atoms with Gasteiger partial charge in [0.1, 0.15) is 5.82 Å². The summed E-state index contributed by atoms with van der Waals surface area (Å²) in [5.41, 5.74) is 7.17. The summed E-state index contributed by atoms with van der Waals surface area (Å²) in [6, 6.07) is 7.45. The van der Waals surface area contributed by atoms with Crippen molar-refractivity contribution in [3.63, 3.8) is 0 Å². The molecular formula is C21H22ClF3N6S. The van der Waals surface area contributed by atoms with Crippen LogP contribution < -0.4 is 5.73 Å². The number of nitrogens with two attached hydrogens (primary N) is 1. The minimum absolute atomic E-state index is 0.294. The zero-order chi connectivity index (χ0) is 23.1. The first-order valence-electron chi connectivity index (χ1n) is 9.79. The molecule has 0 radical (unpaired) electrons. The molecule has 11 heteroatoms. The monoisotopic (exact) mass is 482 g/mol. The van der Waals surface area contributed by atoms with Gasteiger partial charge in [0.05, 0.1) is 12.2 Å². The Hall–Kier alpha value is -2.69. The number of aromatic nitrogens is 3. The van der Waals surface area contributed by atoms with E-state index in [-0.39, 0.29) is 5.82 Å². The lowest BCUT2D eigenvalue weighted by molar-refractivity contribution is 0.0565. The van der Waals surface area contributed by atoms with Crippen LogP contribution in [0.15, 0.2) is 58.8 Å². The smallest absolute Gasteiger partial charge is 0.333 e. The zero-order valence-electron chi connectivity index (χ0n) is 17.3. The summed E-state index contributed by atoms with van der Waals surface area (Å²) in [6.45, 7) is -1.27. The van der Waals surface area contributed by atoms with E-state index < -0.39 is 6.55 Å². The molecule has 2 aliphatic rings. The minimum atomic E-state index is -2.61. The summed E-state index contributed by atoms with van der Waals surface area (Å²) in [4.78, 5) is 11.1. The van der Waals surface area contributed by atoms with Crippen LogP contribution in [0.3, 0.4) is 0 Å². The molecule has 5 rings (SSSR count). The van der Waals surface area contributed by atoms with E-state index in [0.717, 1.165) is 41.5 Å². The molecule has 0 aliphatic carbocycles. The molecule has 3 aromatic rings. The lowest BCUT2D eigenvalue weighted by atomic mass is 10.1. The fraction of sp³-hybridized carbons (Fsp3) is 0.286. The molecule has 170 valence electrons. The van der Waals surface area contributed by atoms with Gasteiger partial charge in [-0.05, 0) is 44.2 Å². The van der Waals surface area contributed by atoms with Crippen molar-refractivity contribution in [1.29, 1.82) is 0 Å². The Kier molecular flexibility index (Phi) is 8.43. The van der Waals surface area contributed by atoms with Crippen molar-refractivity contribution in [2.24, 2.45) is 10.7 Å². The van der Waals surface area contributed by atoms with Gasteiger partial charge in [-0.15, -0.1) is 11.3 Å². The maximum atomic E-state index is 12.7. The number of allylic oxidation sites excluding steroid dienone is 1. The second kappa shape index (κ2) is 11.3. The van der Waals surface area contributed by atoms with Crippen molar-refractivity contribution >= 4 is 34.3 Å². The predicted molar refractivity (Wildman–Crippen MR) is 121 cm³/mol. The second-order valence-electron chi connectivity index (χ2n) is 6.56. The van der Waals surface area contributed by atoms with Gasteiger partial charge in [-0.1, -0.05) is 17.7 Å². The lowest BCUT2D eigenvalue weighted by Crippen LogP contribution is -2.31. The average molecular weight is 483 g/mol. The van der Waals surface area contributed by atoms with E-state index in [0.29, 0.717) is 21.9 Å². The van der Waals surface area contributed by atoms with Crippen LogP contribution in [0.2, 0.25) is 5.02 Å². The van der Waals surface area contributed by atoms with Gasteiger partial charge in [0, 0.05) is 40.6 Å². The molecule has 2 N–H and O–H groups in total. The molecule has 0 bridgehead atoms. The number of halogens is 4. The Morgan fingerprint density at radius 1 is 1.22 bits per heavy atom. The van der Waals surface area contributed by atoms with Gasteiger partial charge >= 0.3 is 6.55 Å². The molecule has 1 aromatic carbocycles. The number of benzene rings is 1. The van der Waals surface area contributed by atoms with Crippen molar-refractivity contribution in [2.75, 3.05) is 20.1 Å². The Bertz CT molecular complexity index is 1060. The molecular weight excluding hydrogens is 461 g/mol. The van der Waals surface area contributed by atoms with Gasteiger partial charge in [-0.2, -0.15) is 13.9 Å². The maximum Gasteiger partial charge on any atom is 0.333 e. The Morgan fingerprint density at radius 2 is 2.03 bits per heavy atom. The number of nitrogens with zero attached hydrogens (tertiary/aromatic N) is 5. The fourth-order valence-corrected chi connectivity index (χ4v) is 4.20. The first-order valence-corrected chi connectivity index (χ1v) is 11.0. The molecule has 1 saturated heterocycles. The molecule has 0 unspecified atom stereocenters. The normalized spacial score (nSPS) is 15.0. The summed E-state index contributed by atoms with van der Waals surface area (Å²) in [5, 5.41) is 7.24. The number of amidine groups is 1. The zero-order valence-corrected chi connectivity index (χ0v) is 18.8. The van der Waals surface area contributed by atoms with Gasteiger partial charge in [-0.25, -0.2) is 14.1 Å². The van der Waals surface area contributed by atoms with Gasteiger partial charge < -0.3 is 10.6 Å². The molecule has 0 amide bonds. The van der Waals surface area contributed by atoms with Crippen LogP contribution in [0.5, 0.6) is 0 Å². The maximum absolute atomic E-state index is 12.7. The highest BCUT2D eigenvalue weighted by molar-refractivity contribution is 7.11. The number of alkyl halides is 2. The van der Waals surface area contributed by atoms with E-state index in [9.17, 15) is 13.2 Å². The molecule has 0 saturated carbocycles. The summed E-state index contributed by atoms with van der Waals surface area (Å²) >= 11 is 6.96. The Labute approximate surface area is 192 Å². The van der Waals surface area contributed by atoms with Crippen LogP contribution in [0.1, 0.15) is 30.1 Å². The predicted octanol–water partition coefficient (Wildman–Crippen LogP) is 5.06. The van der Waals surface area contributed by atoms with Crippen molar-refractivity contribution in [2.45, 2.75) is 19.4 Å². The summed E-state index contributed by atoms with van der Waals surface area (Å²) in [5.74, 6) is 0.594. The molecule has 0 spiro atoms. The number of rotatable bonds is 3. The van der Waals surface area contributed by atoms with Crippen LogP contribution in [0.25, 0.3) is 5.57 Å². The molecule has 32 heavy (non-hydrogen) atoms. The van der Waals surface area contributed by atoms with Crippen LogP contribution >= 0.6 is 22.9 Å². The van der Waals surface area contributed by atoms with Crippen LogP contribution in [-0.4, -0.2) is 45.6 Å². The van der Waals surface area contributed by atoms with Crippen molar-refractivity contribution < 1.29 is 13.2 Å². The highest BCUT2D eigenvalue weighted by Crippen LogP contribution is 2.34. The van der Waals surface area contributed by atoms with E-state index in [1.807, 2.05) is 5.38 Å². The average Bonchev–Trinajstić information content (AvgIpc) is 3.56. The van der Waals surface area contributed by atoms with E-state index in [1.54, 1.807) is 35.7 Å². The van der Waals surface area contributed by atoms with E-state index >= 15 is 0 Å². The summed E-state index contributed by atoms with van der Waals surface area (Å²) in [7, 11) is 1.50. The molecule has 4 heterocycles. The third kappa shape index (κ3) is 5.56. The number of hydrogen-bond acceptors (Lipinski definition) is 6. The summed E-state index contributed by atoms with van der Waals surface area (Å²) in [6.07, 6.45) is 5.02. The topological polar surface area (TPSA) is 72.3 Å². The molecule has 2 aliphatic heterocycles. The third-order valence-corrected chi connectivity index (χ3v) is 5.64. The highest BCUT2D eigenvalue weighted by atomic mass is 35.5. The minimum Gasteiger partial charge on any atom is -0.333 e. The van der Waals surface area contributed by atoms with Crippen molar-refractivity contribution in [3.05, 3.63) is 75.3 Å². The standard InChI is InChI=1S/C14H13F2N5S.C6H4ClF.CH5N/c15-14(16)21-6-3-10(19-21)9-8-18-12(13-17-4-7-22-13)20-5-1-2-11(9)20;7-5-2-1-3-6(8)4-5;1-2/h3-4,6-7,14H,1-2,5,8H2;1-4H;2H2,1H3. The second-order valence-corrected chi connectivity index (χ2v) is 7.89. The highest BCUT2D eigenvalue weighted by Gasteiger charge is 2.31. The Morgan fingerprint density at radius 3 is 2.62 bits per heavy atom. The first-order chi connectivity index (χ1) is 15.5. The molecule has 0 atom stereocenters. The molecule has 6 nitrogen and oxygen atoms in total. The van der Waals surface area contributed by atoms with E-state index in [2.05, 4.69) is 25.7 Å². The van der Waals surface area contributed by atoms with Gasteiger partial charge in [0.15, 0.2) is 10.8 Å². The van der Waals surface area contributed by atoms with E-state index in [4.69, 9.17) is 11.6 Å². The number of thiazole rings is 1. The molecule has 2 aromatic heterocycles. The van der Waals surface area contributed by atoms with Gasteiger partial charge in [0.25, 0.3) is 0 Å². The lowest BCUT2D eigenvalue weighted by Gasteiger charge is -2.27.